The van der Waals surface area contributed by atoms with E-state index in [9.17, 15) is 4.79 Å². The van der Waals surface area contributed by atoms with Crippen LogP contribution in [0.5, 0.6) is 0 Å². The lowest BCUT2D eigenvalue weighted by Gasteiger charge is -2.20. The SMILES string of the molecule is COC(=O)C(c1ccccc1)C1CCCO1. The number of rotatable bonds is 3. The minimum absolute atomic E-state index is 0.0325. The molecule has 16 heavy (non-hydrogen) atoms. The molecule has 1 aromatic rings. The van der Waals surface area contributed by atoms with Gasteiger partial charge in [0.2, 0.25) is 0 Å². The quantitative estimate of drug-likeness (QED) is 0.732. The molecule has 3 nitrogen and oxygen atoms in total. The highest BCUT2D eigenvalue weighted by Gasteiger charge is 2.33. The van der Waals surface area contributed by atoms with Crippen LogP contribution in [0.25, 0.3) is 0 Å². The van der Waals surface area contributed by atoms with Gasteiger partial charge in [0.1, 0.15) is 5.92 Å². The molecule has 0 amide bonds. The van der Waals surface area contributed by atoms with Gasteiger partial charge >= 0.3 is 5.97 Å². The number of hydrogen-bond donors (Lipinski definition) is 0. The molecular formula is C13H16O3. The molecule has 1 fully saturated rings. The Balaban J connectivity index is 2.24. The van der Waals surface area contributed by atoms with Gasteiger partial charge in [-0.2, -0.15) is 0 Å². The molecule has 86 valence electrons. The fourth-order valence-electron chi connectivity index (χ4n) is 2.16. The van der Waals surface area contributed by atoms with Crippen LogP contribution < -0.4 is 0 Å². The summed E-state index contributed by atoms with van der Waals surface area (Å²) >= 11 is 0. The van der Waals surface area contributed by atoms with Gasteiger partial charge in [0, 0.05) is 6.61 Å². The topological polar surface area (TPSA) is 35.5 Å². The lowest BCUT2D eigenvalue weighted by Crippen LogP contribution is -2.26. The van der Waals surface area contributed by atoms with Gasteiger partial charge in [-0.25, -0.2) is 0 Å². The highest BCUT2D eigenvalue weighted by atomic mass is 16.5. The van der Waals surface area contributed by atoms with E-state index in [1.807, 2.05) is 30.3 Å². The molecule has 1 aliphatic rings. The van der Waals surface area contributed by atoms with E-state index < -0.39 is 0 Å². The van der Waals surface area contributed by atoms with E-state index in [2.05, 4.69) is 0 Å². The largest absolute Gasteiger partial charge is 0.468 e. The Hall–Kier alpha value is -1.35. The molecule has 1 heterocycles. The number of hydrogen-bond acceptors (Lipinski definition) is 3. The molecule has 1 aliphatic heterocycles. The highest BCUT2D eigenvalue weighted by molar-refractivity contribution is 5.78. The molecule has 2 atom stereocenters. The van der Waals surface area contributed by atoms with Gasteiger partial charge in [0.05, 0.1) is 13.2 Å². The van der Waals surface area contributed by atoms with Crippen LogP contribution in [0, 0.1) is 0 Å². The zero-order valence-corrected chi connectivity index (χ0v) is 9.39. The van der Waals surface area contributed by atoms with Crippen molar-refractivity contribution < 1.29 is 14.3 Å². The predicted molar refractivity (Wildman–Crippen MR) is 60.2 cm³/mol. The number of esters is 1. The maximum atomic E-state index is 11.8. The van der Waals surface area contributed by atoms with Gasteiger partial charge in [0.25, 0.3) is 0 Å². The minimum atomic E-state index is -0.284. The summed E-state index contributed by atoms with van der Waals surface area (Å²) in [5, 5.41) is 0. The first kappa shape index (κ1) is 11.1. The third kappa shape index (κ3) is 2.25. The van der Waals surface area contributed by atoms with Crippen LogP contribution in [0.15, 0.2) is 30.3 Å². The summed E-state index contributed by atoms with van der Waals surface area (Å²) in [5.74, 6) is -0.494. The maximum absolute atomic E-state index is 11.8. The zero-order valence-electron chi connectivity index (χ0n) is 9.39. The number of ether oxygens (including phenoxy) is 2. The Morgan fingerprint density at radius 1 is 1.44 bits per heavy atom. The normalized spacial score (nSPS) is 21.7. The first-order valence-corrected chi connectivity index (χ1v) is 5.57. The summed E-state index contributed by atoms with van der Waals surface area (Å²) in [6, 6.07) is 9.69. The molecule has 0 aliphatic carbocycles. The summed E-state index contributed by atoms with van der Waals surface area (Å²) in [4.78, 5) is 11.8. The maximum Gasteiger partial charge on any atom is 0.315 e. The van der Waals surface area contributed by atoms with Crippen molar-refractivity contribution in [3.05, 3.63) is 35.9 Å². The van der Waals surface area contributed by atoms with Crippen LogP contribution in [0.1, 0.15) is 24.3 Å². The van der Waals surface area contributed by atoms with Crippen LogP contribution in [0.3, 0.4) is 0 Å². The predicted octanol–water partition coefficient (Wildman–Crippen LogP) is 2.12. The number of carbonyl (C=O) groups is 1. The van der Waals surface area contributed by atoms with Crippen LogP contribution in [0.4, 0.5) is 0 Å². The number of benzene rings is 1. The van der Waals surface area contributed by atoms with Crippen molar-refractivity contribution in [1.29, 1.82) is 0 Å². The zero-order chi connectivity index (χ0) is 11.4. The van der Waals surface area contributed by atoms with E-state index >= 15 is 0 Å². The Morgan fingerprint density at radius 3 is 2.75 bits per heavy atom. The second-order valence-corrected chi connectivity index (χ2v) is 3.96. The van der Waals surface area contributed by atoms with E-state index in [-0.39, 0.29) is 18.0 Å². The van der Waals surface area contributed by atoms with Gasteiger partial charge in [-0.3, -0.25) is 4.79 Å². The Kier molecular flexibility index (Phi) is 3.57. The van der Waals surface area contributed by atoms with Gasteiger partial charge < -0.3 is 9.47 Å². The standard InChI is InChI=1S/C13H16O3/c1-15-13(14)12(11-8-5-9-16-11)10-6-3-2-4-7-10/h2-4,6-7,11-12H,5,8-9H2,1H3. The minimum Gasteiger partial charge on any atom is -0.468 e. The second-order valence-electron chi connectivity index (χ2n) is 3.96. The van der Waals surface area contributed by atoms with Crippen molar-refractivity contribution in [2.45, 2.75) is 24.9 Å². The molecule has 0 radical (unpaired) electrons. The van der Waals surface area contributed by atoms with Gasteiger partial charge in [-0.1, -0.05) is 30.3 Å². The fourth-order valence-corrected chi connectivity index (χ4v) is 2.16. The summed E-state index contributed by atoms with van der Waals surface area (Å²) in [6.07, 6.45) is 1.91. The molecule has 1 saturated heterocycles. The van der Waals surface area contributed by atoms with E-state index in [1.54, 1.807) is 0 Å². The van der Waals surface area contributed by atoms with Crippen molar-refractivity contribution in [1.82, 2.24) is 0 Å². The molecule has 2 unspecified atom stereocenters. The van der Waals surface area contributed by atoms with Gasteiger partial charge in [0.15, 0.2) is 0 Å². The second kappa shape index (κ2) is 5.12. The van der Waals surface area contributed by atoms with Crippen molar-refractivity contribution in [2.24, 2.45) is 0 Å². The molecule has 1 aromatic carbocycles. The van der Waals surface area contributed by atoms with Gasteiger partial charge in [-0.05, 0) is 18.4 Å². The highest BCUT2D eigenvalue weighted by Crippen LogP contribution is 2.29. The monoisotopic (exact) mass is 220 g/mol. The average Bonchev–Trinajstić information content (AvgIpc) is 2.84. The van der Waals surface area contributed by atoms with E-state index in [1.165, 1.54) is 7.11 Å². The summed E-state index contributed by atoms with van der Waals surface area (Å²) in [7, 11) is 1.42. The molecule has 3 heteroatoms. The smallest absolute Gasteiger partial charge is 0.315 e. The first-order chi connectivity index (χ1) is 7.83. The summed E-state index contributed by atoms with van der Waals surface area (Å²) < 4.78 is 10.5. The van der Waals surface area contributed by atoms with Crippen molar-refractivity contribution in [3.63, 3.8) is 0 Å². The Labute approximate surface area is 95.4 Å². The van der Waals surface area contributed by atoms with E-state index in [4.69, 9.17) is 9.47 Å². The first-order valence-electron chi connectivity index (χ1n) is 5.57. The molecule has 0 bridgehead atoms. The Bertz CT molecular complexity index is 341. The molecule has 0 saturated carbocycles. The summed E-state index contributed by atoms with van der Waals surface area (Å²) in [6.45, 7) is 0.741. The average molecular weight is 220 g/mol. The van der Waals surface area contributed by atoms with Crippen molar-refractivity contribution in [3.8, 4) is 0 Å². The van der Waals surface area contributed by atoms with E-state index in [0.29, 0.717) is 0 Å². The van der Waals surface area contributed by atoms with Crippen molar-refractivity contribution >= 4 is 5.97 Å². The lowest BCUT2D eigenvalue weighted by atomic mass is 9.92. The lowest BCUT2D eigenvalue weighted by molar-refractivity contribution is -0.145. The molecule has 0 aromatic heterocycles. The van der Waals surface area contributed by atoms with Crippen molar-refractivity contribution in [2.75, 3.05) is 13.7 Å². The fraction of sp³-hybridized carbons (Fsp3) is 0.462. The van der Waals surface area contributed by atoms with E-state index in [0.717, 1.165) is 25.0 Å². The van der Waals surface area contributed by atoms with Crippen LogP contribution >= 0.6 is 0 Å². The van der Waals surface area contributed by atoms with Crippen LogP contribution in [-0.4, -0.2) is 25.8 Å². The molecule has 0 N–H and O–H groups in total. The molecular weight excluding hydrogens is 204 g/mol. The Morgan fingerprint density at radius 2 is 2.19 bits per heavy atom. The third-order valence-corrected chi connectivity index (χ3v) is 2.95. The number of methoxy groups -OCH3 is 1. The van der Waals surface area contributed by atoms with Crippen LogP contribution in [0.2, 0.25) is 0 Å². The summed E-state index contributed by atoms with van der Waals surface area (Å²) in [5.41, 5.74) is 0.973. The van der Waals surface area contributed by atoms with Gasteiger partial charge in [-0.15, -0.1) is 0 Å². The third-order valence-electron chi connectivity index (χ3n) is 2.95. The molecule has 0 spiro atoms. The van der Waals surface area contributed by atoms with Crippen LogP contribution in [-0.2, 0) is 14.3 Å². The number of carbonyl (C=O) groups excluding carboxylic acids is 1. The molecule has 2 rings (SSSR count).